The summed E-state index contributed by atoms with van der Waals surface area (Å²) in [6, 6.07) is 26.1. The number of nitrogens with one attached hydrogen (secondary N) is 1. The summed E-state index contributed by atoms with van der Waals surface area (Å²) in [6.45, 7) is 2.66. The van der Waals surface area contributed by atoms with Crippen molar-refractivity contribution >= 4 is 23.0 Å². The Hall–Kier alpha value is -3.86. The van der Waals surface area contributed by atoms with E-state index in [4.69, 9.17) is 4.74 Å². The van der Waals surface area contributed by atoms with Gasteiger partial charge in [-0.05, 0) is 36.2 Å². The molecule has 0 saturated carbocycles. The first-order valence-corrected chi connectivity index (χ1v) is 9.82. The fourth-order valence-corrected chi connectivity index (χ4v) is 3.35. The van der Waals surface area contributed by atoms with Gasteiger partial charge in [0.15, 0.2) is 6.61 Å². The number of fused-ring (bicyclic) bond motifs is 1. The number of para-hydroxylation sites is 1. The summed E-state index contributed by atoms with van der Waals surface area (Å²) in [4.78, 5) is 12.0. The summed E-state index contributed by atoms with van der Waals surface area (Å²) >= 11 is 0. The molecule has 0 bridgehead atoms. The highest BCUT2D eigenvalue weighted by molar-refractivity contribution is 5.99. The van der Waals surface area contributed by atoms with E-state index in [0.29, 0.717) is 5.75 Å². The third-order valence-corrected chi connectivity index (χ3v) is 4.77. The van der Waals surface area contributed by atoms with Crippen molar-refractivity contribution in [2.24, 2.45) is 5.10 Å². The fourth-order valence-electron chi connectivity index (χ4n) is 3.35. The van der Waals surface area contributed by atoms with Crippen LogP contribution in [0.5, 0.6) is 5.75 Å². The highest BCUT2D eigenvalue weighted by Crippen LogP contribution is 2.21. The highest BCUT2D eigenvalue weighted by Gasteiger charge is 2.07. The molecule has 0 aliphatic carbocycles. The maximum Gasteiger partial charge on any atom is 0.277 e. The highest BCUT2D eigenvalue weighted by atomic mass is 16.5. The molecule has 5 nitrogen and oxygen atoms in total. The van der Waals surface area contributed by atoms with Crippen LogP contribution < -0.4 is 10.2 Å². The predicted octanol–water partition coefficient (Wildman–Crippen LogP) is 4.53. The molecule has 4 aromatic rings. The number of rotatable bonds is 7. The Morgan fingerprint density at radius 2 is 1.83 bits per heavy atom. The van der Waals surface area contributed by atoms with Crippen LogP contribution in [-0.4, -0.2) is 23.3 Å². The number of ether oxygens (including phenoxy) is 1. The van der Waals surface area contributed by atoms with E-state index < -0.39 is 0 Å². The van der Waals surface area contributed by atoms with Crippen LogP contribution in [0.2, 0.25) is 0 Å². The van der Waals surface area contributed by atoms with Crippen molar-refractivity contribution in [2.45, 2.75) is 13.5 Å². The van der Waals surface area contributed by atoms with Crippen LogP contribution in [0, 0.1) is 6.92 Å². The molecule has 0 fully saturated rings. The Kier molecular flexibility index (Phi) is 5.90. The number of aryl methyl sites for hydroxylation is 1. The van der Waals surface area contributed by atoms with Gasteiger partial charge in [0.25, 0.3) is 5.91 Å². The molecule has 0 unspecified atom stereocenters. The largest absolute Gasteiger partial charge is 0.484 e. The van der Waals surface area contributed by atoms with E-state index in [0.717, 1.165) is 28.6 Å². The average molecular weight is 397 g/mol. The van der Waals surface area contributed by atoms with E-state index >= 15 is 0 Å². The van der Waals surface area contributed by atoms with Crippen LogP contribution in [0.3, 0.4) is 0 Å². The third-order valence-electron chi connectivity index (χ3n) is 4.77. The maximum absolute atomic E-state index is 12.0. The average Bonchev–Trinajstić information content (AvgIpc) is 3.11. The number of hydrogen-bond donors (Lipinski definition) is 1. The van der Waals surface area contributed by atoms with Gasteiger partial charge >= 0.3 is 0 Å². The predicted molar refractivity (Wildman–Crippen MR) is 120 cm³/mol. The Morgan fingerprint density at radius 3 is 2.67 bits per heavy atom. The number of hydrazone groups is 1. The zero-order valence-corrected chi connectivity index (χ0v) is 16.8. The Labute approximate surface area is 175 Å². The third kappa shape index (κ3) is 4.75. The van der Waals surface area contributed by atoms with Gasteiger partial charge in [-0.15, -0.1) is 0 Å². The van der Waals surface area contributed by atoms with Crippen LogP contribution in [0.15, 0.2) is 90.2 Å². The number of nitrogens with zero attached hydrogens (tertiary/aromatic N) is 2. The molecule has 0 radical (unpaired) electrons. The van der Waals surface area contributed by atoms with Crippen LogP contribution in [0.4, 0.5) is 0 Å². The summed E-state index contributed by atoms with van der Waals surface area (Å²) in [5.41, 5.74) is 6.91. The van der Waals surface area contributed by atoms with E-state index in [1.807, 2.05) is 61.5 Å². The van der Waals surface area contributed by atoms with Crippen molar-refractivity contribution in [1.82, 2.24) is 9.99 Å². The number of amides is 1. The monoisotopic (exact) mass is 397 g/mol. The zero-order valence-electron chi connectivity index (χ0n) is 16.8. The molecule has 1 N–H and O–H groups in total. The lowest BCUT2D eigenvalue weighted by atomic mass is 10.2. The quantitative estimate of drug-likeness (QED) is 0.368. The number of hydrogen-bond acceptors (Lipinski definition) is 3. The molecule has 0 aliphatic rings. The SMILES string of the molecule is Cc1cccc(OCC(=O)NN=Cc2cn(Cc3ccccc3)c3ccccc23)c1. The molecule has 150 valence electrons. The molecule has 4 rings (SSSR count). The summed E-state index contributed by atoms with van der Waals surface area (Å²) in [5, 5.41) is 5.21. The van der Waals surface area contributed by atoms with Gasteiger partial charge < -0.3 is 9.30 Å². The summed E-state index contributed by atoms with van der Waals surface area (Å²) in [6.07, 6.45) is 3.73. The molecular weight excluding hydrogens is 374 g/mol. The minimum Gasteiger partial charge on any atom is -0.484 e. The van der Waals surface area contributed by atoms with Gasteiger partial charge in [0, 0.05) is 29.2 Å². The number of carbonyl (C=O) groups excluding carboxylic acids is 1. The number of aromatic nitrogens is 1. The molecule has 3 aromatic carbocycles. The van der Waals surface area contributed by atoms with E-state index in [9.17, 15) is 4.79 Å². The minimum atomic E-state index is -0.305. The smallest absolute Gasteiger partial charge is 0.277 e. The van der Waals surface area contributed by atoms with Crippen LogP contribution >= 0.6 is 0 Å². The second-order valence-electron chi connectivity index (χ2n) is 7.11. The normalized spacial score (nSPS) is 11.1. The summed E-state index contributed by atoms with van der Waals surface area (Å²) in [5.74, 6) is 0.360. The number of carbonyl (C=O) groups is 1. The molecule has 0 atom stereocenters. The maximum atomic E-state index is 12.0. The van der Waals surface area contributed by atoms with Crippen molar-refractivity contribution < 1.29 is 9.53 Å². The molecule has 1 heterocycles. The van der Waals surface area contributed by atoms with Crippen LogP contribution in [-0.2, 0) is 11.3 Å². The fraction of sp³-hybridized carbons (Fsp3) is 0.120. The van der Waals surface area contributed by atoms with Gasteiger partial charge in [0.2, 0.25) is 0 Å². The van der Waals surface area contributed by atoms with Crippen LogP contribution in [0.25, 0.3) is 10.9 Å². The van der Waals surface area contributed by atoms with Crippen molar-refractivity contribution in [3.05, 3.63) is 102 Å². The summed E-state index contributed by atoms with van der Waals surface area (Å²) in [7, 11) is 0. The van der Waals surface area contributed by atoms with E-state index in [2.05, 4.69) is 45.6 Å². The lowest BCUT2D eigenvalue weighted by molar-refractivity contribution is -0.123. The van der Waals surface area contributed by atoms with Crippen molar-refractivity contribution in [3.8, 4) is 5.75 Å². The van der Waals surface area contributed by atoms with Crippen LogP contribution in [0.1, 0.15) is 16.7 Å². The lowest BCUT2D eigenvalue weighted by Crippen LogP contribution is -2.24. The van der Waals surface area contributed by atoms with E-state index in [1.165, 1.54) is 5.56 Å². The molecule has 0 spiro atoms. The van der Waals surface area contributed by atoms with Crippen molar-refractivity contribution in [1.29, 1.82) is 0 Å². The van der Waals surface area contributed by atoms with E-state index in [1.54, 1.807) is 6.21 Å². The van der Waals surface area contributed by atoms with Crippen molar-refractivity contribution in [3.63, 3.8) is 0 Å². The lowest BCUT2D eigenvalue weighted by Gasteiger charge is -2.05. The first-order valence-electron chi connectivity index (χ1n) is 9.82. The van der Waals surface area contributed by atoms with Gasteiger partial charge in [-0.3, -0.25) is 4.79 Å². The van der Waals surface area contributed by atoms with Gasteiger partial charge in [0.1, 0.15) is 5.75 Å². The van der Waals surface area contributed by atoms with E-state index in [-0.39, 0.29) is 12.5 Å². The second kappa shape index (κ2) is 9.09. The Balaban J connectivity index is 1.43. The molecular formula is C25H23N3O2. The topological polar surface area (TPSA) is 55.6 Å². The molecule has 0 aliphatic heterocycles. The molecule has 0 saturated heterocycles. The Bertz CT molecular complexity index is 1180. The minimum absolute atomic E-state index is 0.0867. The zero-order chi connectivity index (χ0) is 20.8. The van der Waals surface area contributed by atoms with Gasteiger partial charge in [-0.25, -0.2) is 5.43 Å². The summed E-state index contributed by atoms with van der Waals surface area (Å²) < 4.78 is 7.69. The first-order chi connectivity index (χ1) is 14.7. The van der Waals surface area contributed by atoms with Gasteiger partial charge in [0.05, 0.1) is 6.21 Å². The molecule has 5 heteroatoms. The number of benzene rings is 3. The molecule has 30 heavy (non-hydrogen) atoms. The van der Waals surface area contributed by atoms with Gasteiger partial charge in [-0.2, -0.15) is 5.10 Å². The van der Waals surface area contributed by atoms with Crippen molar-refractivity contribution in [2.75, 3.05) is 6.61 Å². The standard InChI is InChI=1S/C25H23N3O2/c1-19-8-7-11-22(14-19)30-18-25(29)27-26-15-21-17-28(16-20-9-3-2-4-10-20)24-13-6-5-12-23(21)24/h2-15,17H,16,18H2,1H3,(H,27,29). The first kappa shape index (κ1) is 19.5. The van der Waals surface area contributed by atoms with Gasteiger partial charge in [-0.1, -0.05) is 60.7 Å². The molecule has 1 amide bonds. The Morgan fingerprint density at radius 1 is 1.03 bits per heavy atom. The second-order valence-corrected chi connectivity index (χ2v) is 7.11. The molecule has 1 aromatic heterocycles.